The lowest BCUT2D eigenvalue weighted by molar-refractivity contribution is 0.415. The van der Waals surface area contributed by atoms with Crippen molar-refractivity contribution in [1.82, 2.24) is 9.55 Å². The Balaban J connectivity index is 2.13. The fourth-order valence-electron chi connectivity index (χ4n) is 2.19. The van der Waals surface area contributed by atoms with Gasteiger partial charge in [0.25, 0.3) is 5.56 Å². The number of nitrogens with zero attached hydrogens (tertiary/aromatic N) is 2. The van der Waals surface area contributed by atoms with Gasteiger partial charge < -0.3 is 4.74 Å². The maximum Gasteiger partial charge on any atom is 0.271 e. The van der Waals surface area contributed by atoms with Crippen LogP contribution in [0.4, 0.5) is 0 Å². The number of ether oxygens (including phenoxy) is 1. The van der Waals surface area contributed by atoms with Crippen LogP contribution >= 0.6 is 11.3 Å². The fourth-order valence-corrected chi connectivity index (χ4v) is 3.16. The number of aromatic nitrogens is 2. The van der Waals surface area contributed by atoms with Crippen LogP contribution < -0.4 is 10.3 Å². The normalized spacial score (nSPS) is 10.7. The third-order valence-corrected chi connectivity index (χ3v) is 4.23. The number of allylic oxidation sites excluding steroid dienone is 1. The lowest BCUT2D eigenvalue weighted by atomic mass is 10.1. The minimum absolute atomic E-state index is 0.0235. The summed E-state index contributed by atoms with van der Waals surface area (Å²) in [6.45, 7) is 4.12. The molecule has 0 spiro atoms. The van der Waals surface area contributed by atoms with Crippen molar-refractivity contribution < 1.29 is 4.74 Å². The van der Waals surface area contributed by atoms with E-state index in [0.29, 0.717) is 11.2 Å². The number of fused-ring (bicyclic) bond motifs is 1. The van der Waals surface area contributed by atoms with Crippen LogP contribution in [0.3, 0.4) is 0 Å². The zero-order chi connectivity index (χ0) is 14.8. The second-order valence-electron chi connectivity index (χ2n) is 4.55. The van der Waals surface area contributed by atoms with Gasteiger partial charge in [-0.3, -0.25) is 9.36 Å². The van der Waals surface area contributed by atoms with Gasteiger partial charge in [-0.15, -0.1) is 17.9 Å². The lowest BCUT2D eigenvalue weighted by Gasteiger charge is -2.03. The predicted octanol–water partition coefficient (Wildman–Crippen LogP) is 3.32. The lowest BCUT2D eigenvalue weighted by Crippen LogP contribution is -2.18. The molecule has 0 amide bonds. The highest BCUT2D eigenvalue weighted by molar-refractivity contribution is 7.17. The van der Waals surface area contributed by atoms with Crippen LogP contribution in [0.2, 0.25) is 0 Å². The molecule has 0 fully saturated rings. The molecule has 0 aliphatic carbocycles. The van der Waals surface area contributed by atoms with E-state index in [4.69, 9.17) is 4.74 Å². The standard InChI is InChI=1S/C16H14N2O2S/c1-3-8-18-10-17-14-13(9-21-15(14)16(18)19)11-4-6-12(20-2)7-5-11/h3-7,9-10H,1,8H2,2H3. The van der Waals surface area contributed by atoms with Gasteiger partial charge in [-0.1, -0.05) is 18.2 Å². The number of rotatable bonds is 4. The van der Waals surface area contributed by atoms with E-state index in [9.17, 15) is 4.79 Å². The summed E-state index contributed by atoms with van der Waals surface area (Å²) in [6, 6.07) is 7.74. The molecule has 0 unspecified atom stereocenters. The summed E-state index contributed by atoms with van der Waals surface area (Å²) in [5.41, 5.74) is 2.72. The van der Waals surface area contributed by atoms with Crippen LogP contribution in [0, 0.1) is 0 Å². The number of methoxy groups -OCH3 is 1. The molecule has 0 N–H and O–H groups in total. The van der Waals surface area contributed by atoms with Crippen molar-refractivity contribution in [3.05, 3.63) is 59.0 Å². The molecule has 106 valence electrons. The Morgan fingerprint density at radius 2 is 2.14 bits per heavy atom. The molecule has 3 rings (SSSR count). The van der Waals surface area contributed by atoms with E-state index in [2.05, 4.69) is 11.6 Å². The van der Waals surface area contributed by atoms with Gasteiger partial charge in [0.15, 0.2) is 0 Å². The van der Waals surface area contributed by atoms with Crippen LogP contribution in [0.1, 0.15) is 0 Å². The van der Waals surface area contributed by atoms with Gasteiger partial charge in [0.05, 0.1) is 19.0 Å². The molecular formula is C16H14N2O2S. The number of benzene rings is 1. The van der Waals surface area contributed by atoms with Crippen molar-refractivity contribution in [2.24, 2.45) is 0 Å². The van der Waals surface area contributed by atoms with Crippen molar-refractivity contribution in [3.63, 3.8) is 0 Å². The molecule has 0 saturated heterocycles. The molecule has 2 aromatic heterocycles. The van der Waals surface area contributed by atoms with E-state index in [1.54, 1.807) is 24.1 Å². The first kappa shape index (κ1) is 13.6. The first-order valence-electron chi connectivity index (χ1n) is 6.46. The number of thiophene rings is 1. The fraction of sp³-hybridized carbons (Fsp3) is 0.125. The molecule has 4 nitrogen and oxygen atoms in total. The summed E-state index contributed by atoms with van der Waals surface area (Å²) in [5, 5.41) is 1.97. The highest BCUT2D eigenvalue weighted by Crippen LogP contribution is 2.31. The quantitative estimate of drug-likeness (QED) is 0.694. The third-order valence-electron chi connectivity index (χ3n) is 3.27. The van der Waals surface area contributed by atoms with E-state index in [1.807, 2.05) is 29.6 Å². The van der Waals surface area contributed by atoms with Crippen molar-refractivity contribution >= 4 is 21.6 Å². The van der Waals surface area contributed by atoms with E-state index in [1.165, 1.54) is 11.3 Å². The molecule has 2 heterocycles. The van der Waals surface area contributed by atoms with Crippen LogP contribution in [-0.4, -0.2) is 16.7 Å². The Kier molecular flexibility index (Phi) is 3.58. The third kappa shape index (κ3) is 2.36. The first-order chi connectivity index (χ1) is 10.2. The van der Waals surface area contributed by atoms with E-state index >= 15 is 0 Å². The largest absolute Gasteiger partial charge is 0.497 e. The second kappa shape index (κ2) is 5.54. The van der Waals surface area contributed by atoms with Crippen molar-refractivity contribution in [3.8, 4) is 16.9 Å². The summed E-state index contributed by atoms with van der Waals surface area (Å²) < 4.78 is 7.39. The molecule has 0 saturated carbocycles. The van der Waals surface area contributed by atoms with Crippen molar-refractivity contribution in [2.45, 2.75) is 6.54 Å². The Morgan fingerprint density at radius 3 is 2.81 bits per heavy atom. The molecular weight excluding hydrogens is 284 g/mol. The molecule has 0 bridgehead atoms. The van der Waals surface area contributed by atoms with E-state index < -0.39 is 0 Å². The SMILES string of the molecule is C=CCn1cnc2c(-c3ccc(OC)cc3)csc2c1=O. The first-order valence-corrected chi connectivity index (χ1v) is 7.34. The van der Waals surface area contributed by atoms with Gasteiger partial charge in [0.2, 0.25) is 0 Å². The molecule has 1 aromatic carbocycles. The van der Waals surface area contributed by atoms with Crippen molar-refractivity contribution in [1.29, 1.82) is 0 Å². The smallest absolute Gasteiger partial charge is 0.271 e. The molecule has 0 radical (unpaired) electrons. The minimum Gasteiger partial charge on any atom is -0.497 e. The maximum absolute atomic E-state index is 12.3. The molecule has 0 aliphatic heterocycles. The summed E-state index contributed by atoms with van der Waals surface area (Å²) in [5.74, 6) is 0.805. The minimum atomic E-state index is -0.0235. The summed E-state index contributed by atoms with van der Waals surface area (Å²) >= 11 is 1.42. The predicted molar refractivity (Wildman–Crippen MR) is 86.1 cm³/mol. The van der Waals surface area contributed by atoms with Gasteiger partial charge in [-0.2, -0.15) is 0 Å². The highest BCUT2D eigenvalue weighted by Gasteiger charge is 2.12. The average molecular weight is 298 g/mol. The van der Waals surface area contributed by atoms with Crippen LogP contribution in [0.5, 0.6) is 5.75 Å². The summed E-state index contributed by atoms with van der Waals surface area (Å²) in [7, 11) is 1.64. The molecule has 0 atom stereocenters. The van der Waals surface area contributed by atoms with Gasteiger partial charge >= 0.3 is 0 Å². The van der Waals surface area contributed by atoms with Crippen LogP contribution in [-0.2, 0) is 6.54 Å². The Hall–Kier alpha value is -2.40. The van der Waals surface area contributed by atoms with Crippen molar-refractivity contribution in [2.75, 3.05) is 7.11 Å². The summed E-state index contributed by atoms with van der Waals surface area (Å²) in [6.07, 6.45) is 3.26. The van der Waals surface area contributed by atoms with Gasteiger partial charge in [0, 0.05) is 17.5 Å². The highest BCUT2D eigenvalue weighted by atomic mass is 32.1. The van der Waals surface area contributed by atoms with E-state index in [-0.39, 0.29) is 5.56 Å². The number of hydrogen-bond acceptors (Lipinski definition) is 4. The van der Waals surface area contributed by atoms with Gasteiger partial charge in [-0.25, -0.2) is 4.98 Å². The summed E-state index contributed by atoms with van der Waals surface area (Å²) in [4.78, 5) is 16.8. The second-order valence-corrected chi connectivity index (χ2v) is 5.43. The molecule has 0 aliphatic rings. The van der Waals surface area contributed by atoms with Crippen LogP contribution in [0.25, 0.3) is 21.3 Å². The van der Waals surface area contributed by atoms with Crippen LogP contribution in [0.15, 0.2) is 53.4 Å². The van der Waals surface area contributed by atoms with E-state index in [0.717, 1.165) is 22.4 Å². The molecule has 5 heteroatoms. The Bertz CT molecular complexity index is 847. The Labute approximate surface area is 126 Å². The zero-order valence-corrected chi connectivity index (χ0v) is 12.4. The average Bonchev–Trinajstić information content (AvgIpc) is 2.95. The Morgan fingerprint density at radius 1 is 1.38 bits per heavy atom. The molecule has 21 heavy (non-hydrogen) atoms. The monoisotopic (exact) mass is 298 g/mol. The van der Waals surface area contributed by atoms with Gasteiger partial charge in [0.1, 0.15) is 10.4 Å². The maximum atomic E-state index is 12.3. The topological polar surface area (TPSA) is 44.1 Å². The van der Waals surface area contributed by atoms with Gasteiger partial charge in [-0.05, 0) is 17.7 Å². The zero-order valence-electron chi connectivity index (χ0n) is 11.6. The molecule has 3 aromatic rings. The number of hydrogen-bond donors (Lipinski definition) is 0.